The Morgan fingerprint density at radius 1 is 1.10 bits per heavy atom. The number of rotatable bonds is 4. The Labute approximate surface area is 128 Å². The van der Waals surface area contributed by atoms with Crippen LogP contribution in [-0.2, 0) is 10.1 Å². The van der Waals surface area contributed by atoms with E-state index in [4.69, 9.17) is 15.8 Å². The van der Waals surface area contributed by atoms with Crippen molar-refractivity contribution < 1.29 is 17.4 Å². The van der Waals surface area contributed by atoms with Crippen molar-refractivity contribution in [3.05, 3.63) is 64.2 Å². The zero-order chi connectivity index (χ0) is 15.6. The lowest BCUT2D eigenvalue weighted by Crippen LogP contribution is -2.08. The van der Waals surface area contributed by atoms with E-state index in [1.54, 1.807) is 31.2 Å². The average Bonchev–Trinajstić information content (AvgIpc) is 2.37. The second-order valence-corrected chi connectivity index (χ2v) is 6.56. The number of carbonyl (C=O) groups excluding carboxylic acids is 1. The Hall–Kier alpha value is -1.85. The fourth-order valence-corrected chi connectivity index (χ4v) is 2.58. The molecule has 0 bridgehead atoms. The third-order valence-corrected chi connectivity index (χ3v) is 3.63. The van der Waals surface area contributed by atoms with Crippen molar-refractivity contribution in [2.24, 2.45) is 0 Å². The van der Waals surface area contributed by atoms with E-state index in [0.29, 0.717) is 21.7 Å². The van der Waals surface area contributed by atoms with Crippen LogP contribution in [0.25, 0.3) is 0 Å². The Morgan fingerprint density at radius 3 is 2.33 bits per heavy atom. The molecule has 0 fully saturated rings. The second-order valence-electron chi connectivity index (χ2n) is 4.57. The summed E-state index contributed by atoms with van der Waals surface area (Å²) in [5.41, 5.74) is 1.46. The summed E-state index contributed by atoms with van der Waals surface area (Å²) >= 11 is 6.01. The van der Waals surface area contributed by atoms with Gasteiger partial charge in [0.1, 0.15) is 5.75 Å². The first-order valence-corrected chi connectivity index (χ1v) is 8.27. The fourth-order valence-electron chi connectivity index (χ4n) is 1.91. The van der Waals surface area contributed by atoms with Crippen molar-refractivity contribution >= 4 is 27.5 Å². The molecule has 6 heteroatoms. The molecule has 0 atom stereocenters. The predicted molar refractivity (Wildman–Crippen MR) is 81.5 cm³/mol. The molecule has 2 rings (SSSR count). The highest BCUT2D eigenvalue weighted by Gasteiger charge is 2.15. The van der Waals surface area contributed by atoms with Crippen LogP contribution in [0.5, 0.6) is 5.75 Å². The van der Waals surface area contributed by atoms with E-state index in [1.807, 2.05) is 0 Å². The number of ketones is 1. The first-order chi connectivity index (χ1) is 9.78. The van der Waals surface area contributed by atoms with Crippen molar-refractivity contribution in [3.8, 4) is 5.75 Å². The summed E-state index contributed by atoms with van der Waals surface area (Å²) in [5.74, 6) is -0.0466. The van der Waals surface area contributed by atoms with E-state index in [-0.39, 0.29) is 11.5 Å². The van der Waals surface area contributed by atoms with Gasteiger partial charge in [0.25, 0.3) is 0 Å². The number of hydrogen-bond donors (Lipinski definition) is 0. The van der Waals surface area contributed by atoms with Crippen molar-refractivity contribution in [2.75, 3.05) is 6.26 Å². The molecule has 2 aromatic rings. The minimum atomic E-state index is -3.59. The number of halogens is 1. The molecule has 0 heterocycles. The summed E-state index contributed by atoms with van der Waals surface area (Å²) in [5, 5.41) is 0.373. The second kappa shape index (κ2) is 5.87. The van der Waals surface area contributed by atoms with Crippen LogP contribution in [0.4, 0.5) is 0 Å². The molecule has 0 radical (unpaired) electrons. The summed E-state index contributed by atoms with van der Waals surface area (Å²) in [6.07, 6.45) is 0.963. The molecule has 0 spiro atoms. The van der Waals surface area contributed by atoms with Gasteiger partial charge < -0.3 is 4.18 Å². The third kappa shape index (κ3) is 3.83. The van der Waals surface area contributed by atoms with Crippen molar-refractivity contribution in [1.82, 2.24) is 0 Å². The lowest BCUT2D eigenvalue weighted by Gasteiger charge is -2.09. The van der Waals surface area contributed by atoms with Gasteiger partial charge in [0.15, 0.2) is 5.78 Å². The Kier molecular flexibility index (Phi) is 4.34. The van der Waals surface area contributed by atoms with Gasteiger partial charge in [0.05, 0.1) is 11.3 Å². The van der Waals surface area contributed by atoms with Crippen molar-refractivity contribution in [3.63, 3.8) is 0 Å². The minimum Gasteiger partial charge on any atom is -0.383 e. The number of carbonyl (C=O) groups is 1. The van der Waals surface area contributed by atoms with Crippen molar-refractivity contribution in [2.45, 2.75) is 6.92 Å². The molecule has 0 aliphatic heterocycles. The molecule has 21 heavy (non-hydrogen) atoms. The molecule has 0 aromatic heterocycles. The van der Waals surface area contributed by atoms with Crippen LogP contribution >= 0.6 is 11.6 Å². The first-order valence-electron chi connectivity index (χ1n) is 6.07. The van der Waals surface area contributed by atoms with Crippen LogP contribution in [0.2, 0.25) is 5.02 Å². The zero-order valence-corrected chi connectivity index (χ0v) is 13.0. The maximum Gasteiger partial charge on any atom is 0.306 e. The molecule has 0 unspecified atom stereocenters. The summed E-state index contributed by atoms with van der Waals surface area (Å²) < 4.78 is 27.0. The molecule has 0 aliphatic rings. The van der Waals surface area contributed by atoms with Gasteiger partial charge in [-0.2, -0.15) is 8.42 Å². The highest BCUT2D eigenvalue weighted by Crippen LogP contribution is 2.24. The minimum absolute atomic E-state index is 0.172. The van der Waals surface area contributed by atoms with Crippen molar-refractivity contribution in [1.29, 1.82) is 0 Å². The molecular weight excluding hydrogens is 312 g/mol. The molecule has 110 valence electrons. The standard InChI is InChI=1S/C15H13ClO4S/c1-10-9-11(20-21(2,18)19)7-8-12(10)15(17)13-5-3-4-6-14(13)16/h3-9H,1-2H3. The third-order valence-electron chi connectivity index (χ3n) is 2.81. The van der Waals surface area contributed by atoms with E-state index in [1.165, 1.54) is 18.2 Å². The number of hydrogen-bond acceptors (Lipinski definition) is 4. The van der Waals surface area contributed by atoms with Crippen LogP contribution in [0, 0.1) is 6.92 Å². The molecule has 0 saturated heterocycles. The summed E-state index contributed by atoms with van der Waals surface area (Å²) in [4.78, 5) is 12.4. The maximum atomic E-state index is 12.4. The van der Waals surface area contributed by atoms with Gasteiger partial charge in [-0.1, -0.05) is 23.7 Å². The van der Waals surface area contributed by atoms with E-state index in [2.05, 4.69) is 0 Å². The van der Waals surface area contributed by atoms with E-state index < -0.39 is 10.1 Å². The van der Waals surface area contributed by atoms with Gasteiger partial charge >= 0.3 is 10.1 Å². The average molecular weight is 325 g/mol. The molecule has 0 amide bonds. The zero-order valence-electron chi connectivity index (χ0n) is 11.5. The predicted octanol–water partition coefficient (Wildman–Crippen LogP) is 3.22. The molecule has 2 aromatic carbocycles. The van der Waals surface area contributed by atoms with Gasteiger partial charge in [-0.05, 0) is 42.8 Å². The Balaban J connectivity index is 2.38. The van der Waals surface area contributed by atoms with Crippen LogP contribution < -0.4 is 4.18 Å². The highest BCUT2D eigenvalue weighted by atomic mass is 35.5. The molecule has 0 aliphatic carbocycles. The van der Waals surface area contributed by atoms with Crippen LogP contribution in [0.3, 0.4) is 0 Å². The van der Waals surface area contributed by atoms with E-state index in [9.17, 15) is 13.2 Å². The molecular formula is C15H13ClO4S. The fraction of sp³-hybridized carbons (Fsp3) is 0.133. The lowest BCUT2D eigenvalue weighted by atomic mass is 9.99. The first kappa shape index (κ1) is 15.5. The maximum absolute atomic E-state index is 12.4. The van der Waals surface area contributed by atoms with Gasteiger partial charge in [0.2, 0.25) is 0 Å². The van der Waals surface area contributed by atoms with Gasteiger partial charge in [-0.15, -0.1) is 0 Å². The highest BCUT2D eigenvalue weighted by molar-refractivity contribution is 7.86. The van der Waals surface area contributed by atoms with E-state index >= 15 is 0 Å². The molecule has 0 saturated carbocycles. The quantitative estimate of drug-likeness (QED) is 0.640. The van der Waals surface area contributed by atoms with Crippen LogP contribution in [-0.4, -0.2) is 20.5 Å². The normalized spacial score (nSPS) is 11.2. The van der Waals surface area contributed by atoms with E-state index in [0.717, 1.165) is 6.26 Å². The van der Waals surface area contributed by atoms with Gasteiger partial charge in [-0.25, -0.2) is 0 Å². The van der Waals surface area contributed by atoms with Crippen LogP contribution in [0.1, 0.15) is 21.5 Å². The lowest BCUT2D eigenvalue weighted by molar-refractivity contribution is 0.103. The molecule has 0 N–H and O–H groups in total. The topological polar surface area (TPSA) is 60.4 Å². The number of aryl methyl sites for hydroxylation is 1. The molecule has 4 nitrogen and oxygen atoms in total. The summed E-state index contributed by atoms with van der Waals surface area (Å²) in [6, 6.07) is 11.2. The van der Waals surface area contributed by atoms with Crippen LogP contribution in [0.15, 0.2) is 42.5 Å². The Bertz CT molecular complexity index is 797. The van der Waals surface area contributed by atoms with Gasteiger partial charge in [0, 0.05) is 11.1 Å². The SMILES string of the molecule is Cc1cc(OS(C)(=O)=O)ccc1C(=O)c1ccccc1Cl. The smallest absolute Gasteiger partial charge is 0.306 e. The Morgan fingerprint density at radius 2 is 1.76 bits per heavy atom. The monoisotopic (exact) mass is 324 g/mol. The summed E-state index contributed by atoms with van der Waals surface area (Å²) in [6.45, 7) is 1.71. The van der Waals surface area contributed by atoms with Gasteiger partial charge in [-0.3, -0.25) is 4.79 Å². The summed E-state index contributed by atoms with van der Waals surface area (Å²) in [7, 11) is -3.59. The largest absolute Gasteiger partial charge is 0.383 e. The number of benzene rings is 2.